The van der Waals surface area contributed by atoms with Gasteiger partial charge in [0.1, 0.15) is 11.6 Å². The molecule has 0 atom stereocenters. The third kappa shape index (κ3) is 1.80. The van der Waals surface area contributed by atoms with Gasteiger partial charge < -0.3 is 10.2 Å². The third-order valence-corrected chi connectivity index (χ3v) is 3.15. The Balaban J connectivity index is 2.38. The van der Waals surface area contributed by atoms with Crippen LogP contribution in [0.5, 0.6) is 5.75 Å². The van der Waals surface area contributed by atoms with Crippen molar-refractivity contribution in [3.05, 3.63) is 53.9 Å². The van der Waals surface area contributed by atoms with E-state index in [0.717, 1.165) is 5.56 Å². The Morgan fingerprint density at radius 1 is 1.25 bits per heavy atom. The van der Waals surface area contributed by atoms with E-state index in [1.165, 1.54) is 0 Å². The molecular formula is C15H12N2O3. The molecule has 20 heavy (non-hydrogen) atoms. The molecule has 3 rings (SSSR count). The first-order chi connectivity index (χ1) is 9.58. The number of carbonyl (C=O) groups is 1. The second-order valence-electron chi connectivity index (χ2n) is 4.57. The number of benzene rings is 1. The lowest BCUT2D eigenvalue weighted by atomic mass is 10.2. The van der Waals surface area contributed by atoms with Crippen molar-refractivity contribution in [2.24, 2.45) is 0 Å². The molecule has 0 bridgehead atoms. The fraction of sp³-hybridized carbons (Fsp3) is 0.0667. The van der Waals surface area contributed by atoms with Crippen LogP contribution in [0.4, 0.5) is 0 Å². The van der Waals surface area contributed by atoms with Crippen LogP contribution >= 0.6 is 0 Å². The number of aromatic nitrogens is 2. The quantitative estimate of drug-likeness (QED) is 0.749. The number of rotatable bonds is 2. The lowest BCUT2D eigenvalue weighted by molar-refractivity contribution is 0.0693. The minimum Gasteiger partial charge on any atom is -0.507 e. The van der Waals surface area contributed by atoms with E-state index >= 15 is 0 Å². The summed E-state index contributed by atoms with van der Waals surface area (Å²) in [5, 5.41) is 19.2. The highest BCUT2D eigenvalue weighted by Gasteiger charge is 2.19. The molecule has 2 N–H and O–H groups in total. The molecule has 0 spiro atoms. The van der Waals surface area contributed by atoms with Gasteiger partial charge in [0.05, 0.1) is 11.1 Å². The second-order valence-corrected chi connectivity index (χ2v) is 4.57. The topological polar surface area (TPSA) is 74.8 Å². The number of carboxylic acids is 1. The van der Waals surface area contributed by atoms with Crippen molar-refractivity contribution in [1.29, 1.82) is 0 Å². The van der Waals surface area contributed by atoms with Gasteiger partial charge in [-0.15, -0.1) is 0 Å². The monoisotopic (exact) mass is 268 g/mol. The van der Waals surface area contributed by atoms with Crippen LogP contribution in [0.15, 0.2) is 42.6 Å². The Kier molecular flexibility index (Phi) is 2.68. The van der Waals surface area contributed by atoms with E-state index in [1.807, 2.05) is 13.0 Å². The first-order valence-corrected chi connectivity index (χ1v) is 6.08. The van der Waals surface area contributed by atoms with Crippen LogP contribution in [0, 0.1) is 6.92 Å². The SMILES string of the molecule is Cc1ccn2c(-c3ccccc3O)nc(C(=O)O)c2c1. The lowest BCUT2D eigenvalue weighted by Gasteiger charge is -2.03. The van der Waals surface area contributed by atoms with Crippen molar-refractivity contribution < 1.29 is 15.0 Å². The maximum atomic E-state index is 11.3. The summed E-state index contributed by atoms with van der Waals surface area (Å²) in [7, 11) is 0. The van der Waals surface area contributed by atoms with Crippen LogP contribution in [-0.2, 0) is 0 Å². The van der Waals surface area contributed by atoms with Gasteiger partial charge in [0.2, 0.25) is 0 Å². The van der Waals surface area contributed by atoms with Gasteiger partial charge >= 0.3 is 5.97 Å². The highest BCUT2D eigenvalue weighted by Crippen LogP contribution is 2.30. The van der Waals surface area contributed by atoms with E-state index in [2.05, 4.69) is 4.98 Å². The number of carboxylic acid groups (broad SMARTS) is 1. The molecular weight excluding hydrogens is 256 g/mol. The molecule has 0 aliphatic rings. The predicted molar refractivity (Wildman–Crippen MR) is 74.0 cm³/mol. The molecule has 0 aliphatic heterocycles. The number of para-hydroxylation sites is 1. The number of fused-ring (bicyclic) bond motifs is 1. The molecule has 0 fully saturated rings. The molecule has 0 saturated carbocycles. The van der Waals surface area contributed by atoms with Crippen LogP contribution in [0.2, 0.25) is 0 Å². The zero-order valence-corrected chi connectivity index (χ0v) is 10.7. The van der Waals surface area contributed by atoms with Crippen LogP contribution in [0.3, 0.4) is 0 Å². The Morgan fingerprint density at radius 2 is 2.00 bits per heavy atom. The first-order valence-electron chi connectivity index (χ1n) is 6.08. The zero-order valence-electron chi connectivity index (χ0n) is 10.7. The molecule has 0 radical (unpaired) electrons. The summed E-state index contributed by atoms with van der Waals surface area (Å²) in [6, 6.07) is 10.4. The third-order valence-electron chi connectivity index (χ3n) is 3.15. The van der Waals surface area contributed by atoms with Gasteiger partial charge in [0.15, 0.2) is 5.69 Å². The van der Waals surface area contributed by atoms with Gasteiger partial charge in [0.25, 0.3) is 0 Å². The van der Waals surface area contributed by atoms with Crippen LogP contribution in [-0.4, -0.2) is 25.6 Å². The molecule has 0 aliphatic carbocycles. The molecule has 2 heterocycles. The maximum Gasteiger partial charge on any atom is 0.356 e. The van der Waals surface area contributed by atoms with Crippen molar-refractivity contribution in [3.63, 3.8) is 0 Å². The average molecular weight is 268 g/mol. The average Bonchev–Trinajstić information content (AvgIpc) is 2.78. The summed E-state index contributed by atoms with van der Waals surface area (Å²) < 4.78 is 1.67. The molecule has 0 unspecified atom stereocenters. The Morgan fingerprint density at radius 3 is 2.70 bits per heavy atom. The van der Waals surface area contributed by atoms with Crippen molar-refractivity contribution >= 4 is 11.5 Å². The number of imidazole rings is 1. The first kappa shape index (κ1) is 12.2. The summed E-state index contributed by atoms with van der Waals surface area (Å²) >= 11 is 0. The summed E-state index contributed by atoms with van der Waals surface area (Å²) in [5.74, 6) is -0.609. The van der Waals surface area contributed by atoms with Gasteiger partial charge in [-0.05, 0) is 36.8 Å². The summed E-state index contributed by atoms with van der Waals surface area (Å²) in [5.41, 5.74) is 1.94. The molecule has 0 amide bonds. The van der Waals surface area contributed by atoms with Gasteiger partial charge in [0, 0.05) is 6.20 Å². The molecule has 3 aromatic rings. The summed E-state index contributed by atoms with van der Waals surface area (Å²) in [6.07, 6.45) is 1.76. The molecule has 1 aromatic carbocycles. The molecule has 100 valence electrons. The molecule has 0 saturated heterocycles. The van der Waals surface area contributed by atoms with E-state index in [4.69, 9.17) is 0 Å². The maximum absolute atomic E-state index is 11.3. The standard InChI is InChI=1S/C15H12N2O3/c1-9-6-7-17-11(8-9)13(15(19)20)16-14(17)10-4-2-3-5-12(10)18/h2-8,18H,1H3,(H,19,20). The van der Waals surface area contributed by atoms with Crippen LogP contribution < -0.4 is 0 Å². The number of aromatic hydroxyl groups is 1. The van der Waals surface area contributed by atoms with Crippen molar-refractivity contribution in [2.75, 3.05) is 0 Å². The Bertz CT molecular complexity index is 821. The normalized spacial score (nSPS) is 10.8. The zero-order chi connectivity index (χ0) is 14.3. The minimum absolute atomic E-state index is 0.0213. The van der Waals surface area contributed by atoms with Gasteiger partial charge in [-0.25, -0.2) is 9.78 Å². The smallest absolute Gasteiger partial charge is 0.356 e. The van der Waals surface area contributed by atoms with E-state index < -0.39 is 5.97 Å². The van der Waals surface area contributed by atoms with Crippen molar-refractivity contribution in [3.8, 4) is 17.1 Å². The van der Waals surface area contributed by atoms with Crippen LogP contribution in [0.1, 0.15) is 16.1 Å². The number of aromatic carboxylic acids is 1. The van der Waals surface area contributed by atoms with Gasteiger partial charge in [-0.2, -0.15) is 0 Å². The molecule has 5 nitrogen and oxygen atoms in total. The van der Waals surface area contributed by atoms with E-state index in [-0.39, 0.29) is 11.4 Å². The summed E-state index contributed by atoms with van der Waals surface area (Å²) in [6.45, 7) is 1.89. The van der Waals surface area contributed by atoms with E-state index in [1.54, 1.807) is 40.9 Å². The van der Waals surface area contributed by atoms with Crippen LogP contribution in [0.25, 0.3) is 16.9 Å². The number of pyridine rings is 1. The number of nitrogens with zero attached hydrogens (tertiary/aromatic N) is 2. The van der Waals surface area contributed by atoms with Crippen molar-refractivity contribution in [2.45, 2.75) is 6.92 Å². The number of hydrogen-bond donors (Lipinski definition) is 2. The van der Waals surface area contributed by atoms with E-state index in [0.29, 0.717) is 16.9 Å². The van der Waals surface area contributed by atoms with E-state index in [9.17, 15) is 15.0 Å². The highest BCUT2D eigenvalue weighted by atomic mass is 16.4. The Labute approximate surface area is 114 Å². The van der Waals surface area contributed by atoms with Gasteiger partial charge in [-0.3, -0.25) is 4.40 Å². The second kappa shape index (κ2) is 4.38. The fourth-order valence-corrected chi connectivity index (χ4v) is 2.20. The van der Waals surface area contributed by atoms with Gasteiger partial charge in [-0.1, -0.05) is 12.1 Å². The summed E-state index contributed by atoms with van der Waals surface area (Å²) in [4.78, 5) is 15.5. The minimum atomic E-state index is -1.09. The number of phenols is 1. The molecule has 2 aromatic heterocycles. The van der Waals surface area contributed by atoms with Crippen molar-refractivity contribution in [1.82, 2.24) is 9.38 Å². The molecule has 5 heteroatoms. The largest absolute Gasteiger partial charge is 0.507 e. The number of hydrogen-bond acceptors (Lipinski definition) is 3. The lowest BCUT2D eigenvalue weighted by Crippen LogP contribution is -1.97. The number of aryl methyl sites for hydroxylation is 1. The predicted octanol–water partition coefficient (Wildman–Crippen LogP) is 2.71. The Hall–Kier alpha value is -2.82. The highest BCUT2D eigenvalue weighted by molar-refractivity contribution is 5.95. The fourth-order valence-electron chi connectivity index (χ4n) is 2.20. The number of phenolic OH excluding ortho intramolecular Hbond substituents is 1.